The lowest BCUT2D eigenvalue weighted by Gasteiger charge is -2.44. The number of carbonyl (C=O) groups excluding carboxylic acids is 4. The minimum Gasteiger partial charge on any atom is -0.508 e. The first kappa shape index (κ1) is 27.9. The summed E-state index contributed by atoms with van der Waals surface area (Å²) < 4.78 is 27.8. The predicted molar refractivity (Wildman–Crippen MR) is 129 cm³/mol. The van der Waals surface area contributed by atoms with Gasteiger partial charge in [-0.2, -0.15) is 0 Å². The number of carbonyl (C=O) groups is 4. The first-order valence-electron chi connectivity index (χ1n) is 11.4. The fourth-order valence-electron chi connectivity index (χ4n) is 4.08. The summed E-state index contributed by atoms with van der Waals surface area (Å²) in [6.45, 7) is 4.37. The van der Waals surface area contributed by atoms with E-state index in [1.165, 1.54) is 26.0 Å². The second-order valence-corrected chi connectivity index (χ2v) is 8.81. The Kier molecular flexibility index (Phi) is 9.12. The zero-order valence-electron chi connectivity index (χ0n) is 20.6. The van der Waals surface area contributed by atoms with Crippen molar-refractivity contribution in [1.82, 2.24) is 0 Å². The molecule has 5 atom stereocenters. The Hall–Kier alpha value is -3.63. The molecule has 0 radical (unpaired) electrons. The molecular weight excluding hydrogens is 508 g/mol. The Morgan fingerprint density at radius 3 is 1.95 bits per heavy atom. The maximum atomic E-state index is 12.1. The largest absolute Gasteiger partial charge is 0.508 e. The summed E-state index contributed by atoms with van der Waals surface area (Å²) in [6.07, 6.45) is -5.86. The van der Waals surface area contributed by atoms with Crippen LogP contribution >= 0.6 is 11.6 Å². The quantitative estimate of drug-likeness (QED) is 0.415. The Morgan fingerprint density at radius 2 is 1.38 bits per heavy atom. The monoisotopic (exact) mass is 534 g/mol. The zero-order chi connectivity index (χ0) is 27.3. The Balaban J connectivity index is 2.12. The molecule has 0 unspecified atom stereocenters. The van der Waals surface area contributed by atoms with Crippen LogP contribution in [-0.2, 0) is 42.9 Å². The molecule has 0 aromatic heterocycles. The highest BCUT2D eigenvalue weighted by Gasteiger charge is 2.52. The van der Waals surface area contributed by atoms with E-state index in [0.717, 1.165) is 13.8 Å². The number of hydrogen-bond acceptors (Lipinski definition) is 10. The van der Waals surface area contributed by atoms with E-state index < -0.39 is 54.4 Å². The van der Waals surface area contributed by atoms with Crippen LogP contribution in [0.5, 0.6) is 5.75 Å². The van der Waals surface area contributed by atoms with Crippen LogP contribution in [0, 0.1) is 0 Å². The van der Waals surface area contributed by atoms with Crippen molar-refractivity contribution in [2.45, 2.75) is 58.2 Å². The average molecular weight is 535 g/mol. The Bertz CT molecular complexity index is 1160. The van der Waals surface area contributed by atoms with Crippen molar-refractivity contribution in [3.63, 3.8) is 0 Å². The highest BCUT2D eigenvalue weighted by atomic mass is 35.5. The van der Waals surface area contributed by atoms with E-state index in [-0.39, 0.29) is 12.4 Å². The summed E-state index contributed by atoms with van der Waals surface area (Å²) in [5, 5.41) is 10.0. The molecule has 1 N–H and O–H groups in total. The topological polar surface area (TPSA) is 135 Å². The molecule has 11 heteroatoms. The van der Waals surface area contributed by atoms with Gasteiger partial charge in [0.1, 0.15) is 24.6 Å². The summed E-state index contributed by atoms with van der Waals surface area (Å²) >= 11 is 6.45. The van der Waals surface area contributed by atoms with E-state index in [0.29, 0.717) is 21.7 Å². The van der Waals surface area contributed by atoms with Gasteiger partial charge in [-0.25, -0.2) is 0 Å². The molecule has 37 heavy (non-hydrogen) atoms. The van der Waals surface area contributed by atoms with Crippen LogP contribution in [0.15, 0.2) is 42.5 Å². The lowest BCUT2D eigenvalue weighted by atomic mass is 9.89. The number of esters is 4. The minimum atomic E-state index is -1.28. The zero-order valence-corrected chi connectivity index (χ0v) is 21.4. The molecule has 0 spiro atoms. The van der Waals surface area contributed by atoms with Crippen molar-refractivity contribution in [2.75, 3.05) is 6.61 Å². The molecule has 0 aliphatic carbocycles. The van der Waals surface area contributed by atoms with E-state index in [9.17, 15) is 24.3 Å². The van der Waals surface area contributed by atoms with Crippen LogP contribution in [0.1, 0.15) is 39.4 Å². The van der Waals surface area contributed by atoms with E-state index in [4.69, 9.17) is 35.3 Å². The number of halogens is 1. The maximum Gasteiger partial charge on any atom is 0.303 e. The van der Waals surface area contributed by atoms with E-state index in [2.05, 4.69) is 0 Å². The molecule has 0 amide bonds. The molecule has 1 heterocycles. The van der Waals surface area contributed by atoms with Crippen molar-refractivity contribution >= 4 is 35.5 Å². The fourth-order valence-corrected chi connectivity index (χ4v) is 4.31. The third-order valence-corrected chi connectivity index (χ3v) is 5.82. The van der Waals surface area contributed by atoms with E-state index in [1.54, 1.807) is 30.3 Å². The van der Waals surface area contributed by atoms with Gasteiger partial charge in [0.15, 0.2) is 18.3 Å². The summed E-state index contributed by atoms with van der Waals surface area (Å²) in [4.78, 5) is 47.5. The van der Waals surface area contributed by atoms with Crippen LogP contribution in [0.3, 0.4) is 0 Å². The number of hydrogen-bond donors (Lipinski definition) is 1. The second-order valence-electron chi connectivity index (χ2n) is 8.41. The first-order valence-corrected chi connectivity index (χ1v) is 11.7. The third-order valence-electron chi connectivity index (χ3n) is 5.49. The maximum absolute atomic E-state index is 12.1. The predicted octanol–water partition coefficient (Wildman–Crippen LogP) is 3.51. The van der Waals surface area contributed by atoms with Crippen LogP contribution in [0.25, 0.3) is 11.1 Å². The molecule has 198 valence electrons. The SMILES string of the molecule is CC(=O)OC[C@H]1O[C@@H](c2ccc(Cl)c(-c3ccc(O)cc3)c2)[C@H](OC(C)=O)[C@@H](OC(C)=O)[C@@H]1OC(C)=O. The van der Waals surface area contributed by atoms with Gasteiger partial charge in [-0.1, -0.05) is 29.8 Å². The van der Waals surface area contributed by atoms with Gasteiger partial charge in [0.25, 0.3) is 0 Å². The fraction of sp³-hybridized carbons (Fsp3) is 0.385. The van der Waals surface area contributed by atoms with E-state index >= 15 is 0 Å². The van der Waals surface area contributed by atoms with Crippen LogP contribution in [0.4, 0.5) is 0 Å². The summed E-state index contributed by atoms with van der Waals surface area (Å²) in [5.74, 6) is -2.64. The van der Waals surface area contributed by atoms with E-state index in [1.807, 2.05) is 0 Å². The van der Waals surface area contributed by atoms with Gasteiger partial charge in [0.05, 0.1) is 0 Å². The summed E-state index contributed by atoms with van der Waals surface area (Å²) in [6, 6.07) is 11.3. The number of phenols is 1. The Morgan fingerprint density at radius 1 is 0.811 bits per heavy atom. The van der Waals surface area contributed by atoms with Crippen LogP contribution in [-0.4, -0.2) is 60.0 Å². The molecule has 10 nitrogen and oxygen atoms in total. The van der Waals surface area contributed by atoms with Crippen molar-refractivity contribution in [3.8, 4) is 16.9 Å². The van der Waals surface area contributed by atoms with Gasteiger partial charge in [-0.15, -0.1) is 0 Å². The third kappa shape index (κ3) is 7.21. The molecular formula is C26H27ClO10. The first-order chi connectivity index (χ1) is 17.5. The highest BCUT2D eigenvalue weighted by Crippen LogP contribution is 2.40. The molecule has 1 saturated heterocycles. The van der Waals surface area contributed by atoms with Crippen molar-refractivity contribution in [2.24, 2.45) is 0 Å². The highest BCUT2D eigenvalue weighted by molar-refractivity contribution is 6.33. The summed E-state index contributed by atoms with van der Waals surface area (Å²) in [5.41, 5.74) is 1.77. The van der Waals surface area contributed by atoms with Crippen molar-refractivity contribution in [1.29, 1.82) is 0 Å². The molecule has 2 aromatic carbocycles. The standard InChI is InChI=1S/C26H27ClO10/c1-13(28)33-12-22-24(34-14(2)29)26(36-16(4)31)25(35-15(3)30)23(37-22)18-7-10-21(27)20(11-18)17-5-8-19(32)9-6-17/h5-11,22-26,32H,12H2,1-4H3/t22-,23+,24-,25+,26+/m1/s1. The van der Waals surface area contributed by atoms with Gasteiger partial charge >= 0.3 is 23.9 Å². The van der Waals surface area contributed by atoms with Crippen LogP contribution < -0.4 is 0 Å². The Labute approximate surface area is 218 Å². The number of rotatable bonds is 7. The van der Waals surface area contributed by atoms with Gasteiger partial charge in [-0.05, 0) is 35.4 Å². The van der Waals surface area contributed by atoms with Gasteiger partial charge in [-0.3, -0.25) is 19.2 Å². The second kappa shape index (κ2) is 12.1. The average Bonchev–Trinajstić information content (AvgIpc) is 2.80. The molecule has 2 aromatic rings. The number of benzene rings is 2. The summed E-state index contributed by atoms with van der Waals surface area (Å²) in [7, 11) is 0. The van der Waals surface area contributed by atoms with Crippen molar-refractivity contribution < 1.29 is 48.0 Å². The normalized spacial score (nSPS) is 23.0. The number of aromatic hydroxyl groups is 1. The lowest BCUT2D eigenvalue weighted by Crippen LogP contribution is -2.59. The number of phenolic OH excluding ortho intramolecular Hbond substituents is 1. The minimum absolute atomic E-state index is 0.0793. The molecule has 1 aliphatic rings. The molecule has 1 aliphatic heterocycles. The molecule has 0 saturated carbocycles. The smallest absolute Gasteiger partial charge is 0.303 e. The van der Waals surface area contributed by atoms with Crippen LogP contribution in [0.2, 0.25) is 5.02 Å². The molecule has 0 bridgehead atoms. The van der Waals surface area contributed by atoms with Gasteiger partial charge in [0, 0.05) is 38.3 Å². The lowest BCUT2D eigenvalue weighted by molar-refractivity contribution is -0.254. The van der Waals surface area contributed by atoms with Crippen molar-refractivity contribution in [3.05, 3.63) is 53.1 Å². The number of ether oxygens (including phenoxy) is 5. The van der Waals surface area contributed by atoms with Gasteiger partial charge < -0.3 is 28.8 Å². The van der Waals surface area contributed by atoms with Gasteiger partial charge in [0.2, 0.25) is 0 Å². The molecule has 1 fully saturated rings. The molecule has 3 rings (SSSR count).